The van der Waals surface area contributed by atoms with Gasteiger partial charge in [0.2, 0.25) is 6.29 Å². The molecule has 1 aliphatic heterocycles. The van der Waals surface area contributed by atoms with E-state index in [2.05, 4.69) is 9.97 Å². The van der Waals surface area contributed by atoms with Crippen LogP contribution in [0, 0.1) is 0 Å². The fraction of sp³-hybridized carbons (Fsp3) is 0.810. The van der Waals surface area contributed by atoms with Crippen molar-refractivity contribution in [1.29, 1.82) is 0 Å². The zero-order chi connectivity index (χ0) is 21.1. The molecule has 0 radical (unpaired) electrons. The standard InChI is InChI=1S/C21H34N2O7/c1-24-19(25-2)18-4-7-22-20(23-18)21(5-3-6-21)16-29-11-9-26-8-10-27-14-17-15-28-12-13-30-17/h4,7,17,19H,3,5-6,8-16H2,1-2H3/t17-/m0/s1. The first-order valence-electron chi connectivity index (χ1n) is 10.6. The highest BCUT2D eigenvalue weighted by atomic mass is 16.7. The Morgan fingerprint density at radius 2 is 1.83 bits per heavy atom. The summed E-state index contributed by atoms with van der Waals surface area (Å²) in [6.07, 6.45) is 4.49. The molecule has 0 amide bonds. The van der Waals surface area contributed by atoms with Gasteiger partial charge in [0.25, 0.3) is 0 Å². The molecule has 170 valence electrons. The zero-order valence-electron chi connectivity index (χ0n) is 18.0. The normalized spacial score (nSPS) is 21.0. The Morgan fingerprint density at radius 1 is 1.07 bits per heavy atom. The Hall–Kier alpha value is -1.20. The Bertz CT molecular complexity index is 605. The van der Waals surface area contributed by atoms with Crippen LogP contribution in [0.3, 0.4) is 0 Å². The molecule has 1 aromatic rings. The highest BCUT2D eigenvalue weighted by molar-refractivity contribution is 5.16. The Kier molecular flexibility index (Phi) is 9.86. The third-order valence-corrected chi connectivity index (χ3v) is 5.44. The van der Waals surface area contributed by atoms with Gasteiger partial charge in [-0.2, -0.15) is 0 Å². The monoisotopic (exact) mass is 426 g/mol. The number of aromatic nitrogens is 2. The van der Waals surface area contributed by atoms with Gasteiger partial charge in [0, 0.05) is 20.4 Å². The van der Waals surface area contributed by atoms with Crippen molar-refractivity contribution in [2.24, 2.45) is 0 Å². The van der Waals surface area contributed by atoms with Crippen LogP contribution in [-0.2, 0) is 38.6 Å². The summed E-state index contributed by atoms with van der Waals surface area (Å²) in [5.74, 6) is 0.800. The van der Waals surface area contributed by atoms with Gasteiger partial charge in [-0.05, 0) is 18.9 Å². The Labute approximate surface area is 178 Å². The van der Waals surface area contributed by atoms with Gasteiger partial charge in [0.15, 0.2) is 0 Å². The van der Waals surface area contributed by atoms with Crippen molar-refractivity contribution >= 4 is 0 Å². The van der Waals surface area contributed by atoms with Crippen molar-refractivity contribution in [3.05, 3.63) is 23.8 Å². The van der Waals surface area contributed by atoms with Crippen molar-refractivity contribution in [1.82, 2.24) is 9.97 Å². The summed E-state index contributed by atoms with van der Waals surface area (Å²) in [6.45, 7) is 5.14. The van der Waals surface area contributed by atoms with E-state index in [4.69, 9.17) is 33.2 Å². The highest BCUT2D eigenvalue weighted by Crippen LogP contribution is 2.42. The maximum absolute atomic E-state index is 5.91. The van der Waals surface area contributed by atoms with E-state index in [0.717, 1.165) is 30.8 Å². The molecule has 0 aromatic carbocycles. The summed E-state index contributed by atoms with van der Waals surface area (Å²) < 4.78 is 38.5. The smallest absolute Gasteiger partial charge is 0.200 e. The average molecular weight is 427 g/mol. The lowest BCUT2D eigenvalue weighted by molar-refractivity contribution is -0.118. The van der Waals surface area contributed by atoms with E-state index in [9.17, 15) is 0 Å². The topological polar surface area (TPSA) is 90.4 Å². The van der Waals surface area contributed by atoms with Crippen LogP contribution < -0.4 is 0 Å². The summed E-state index contributed by atoms with van der Waals surface area (Å²) in [5, 5.41) is 0. The van der Waals surface area contributed by atoms with Crippen LogP contribution in [0.2, 0.25) is 0 Å². The second-order valence-corrected chi connectivity index (χ2v) is 7.55. The van der Waals surface area contributed by atoms with Crippen LogP contribution in [-0.4, -0.2) is 89.8 Å². The third kappa shape index (κ3) is 6.65. The second-order valence-electron chi connectivity index (χ2n) is 7.55. The minimum atomic E-state index is -0.488. The van der Waals surface area contributed by atoms with Gasteiger partial charge < -0.3 is 33.2 Å². The fourth-order valence-electron chi connectivity index (χ4n) is 3.59. The predicted octanol–water partition coefficient (Wildman–Crippen LogP) is 1.65. The van der Waals surface area contributed by atoms with Gasteiger partial charge >= 0.3 is 0 Å². The maximum Gasteiger partial charge on any atom is 0.200 e. The van der Waals surface area contributed by atoms with Crippen molar-refractivity contribution in [3.8, 4) is 0 Å². The van der Waals surface area contributed by atoms with Gasteiger partial charge in [0.1, 0.15) is 11.9 Å². The molecule has 9 nitrogen and oxygen atoms in total. The summed E-state index contributed by atoms with van der Waals surface area (Å²) in [5.41, 5.74) is 0.595. The van der Waals surface area contributed by atoms with Crippen LogP contribution in [0.15, 0.2) is 12.3 Å². The largest absolute Gasteiger partial charge is 0.378 e. The van der Waals surface area contributed by atoms with Crippen LogP contribution >= 0.6 is 0 Å². The molecule has 1 aliphatic carbocycles. The predicted molar refractivity (Wildman–Crippen MR) is 107 cm³/mol. The first kappa shape index (κ1) is 23.5. The zero-order valence-corrected chi connectivity index (χ0v) is 18.0. The fourth-order valence-corrected chi connectivity index (χ4v) is 3.59. The molecular formula is C21H34N2O7. The Morgan fingerprint density at radius 3 is 2.50 bits per heavy atom. The van der Waals surface area contributed by atoms with Crippen molar-refractivity contribution in [2.75, 3.05) is 73.7 Å². The number of nitrogens with zero attached hydrogens (tertiary/aromatic N) is 2. The molecule has 3 rings (SSSR count). The maximum atomic E-state index is 5.91. The van der Waals surface area contributed by atoms with Crippen molar-refractivity contribution in [3.63, 3.8) is 0 Å². The number of hydrogen-bond acceptors (Lipinski definition) is 9. The molecule has 0 bridgehead atoms. The number of ether oxygens (including phenoxy) is 7. The molecule has 2 heterocycles. The summed E-state index contributed by atoms with van der Waals surface area (Å²) in [6, 6.07) is 1.82. The van der Waals surface area contributed by atoms with Gasteiger partial charge in [0.05, 0.1) is 70.6 Å². The van der Waals surface area contributed by atoms with E-state index in [1.54, 1.807) is 20.4 Å². The highest BCUT2D eigenvalue weighted by Gasteiger charge is 2.42. The lowest BCUT2D eigenvalue weighted by Gasteiger charge is -2.40. The van der Waals surface area contributed by atoms with E-state index >= 15 is 0 Å². The molecule has 0 spiro atoms. The lowest BCUT2D eigenvalue weighted by atomic mass is 9.68. The summed E-state index contributed by atoms with van der Waals surface area (Å²) in [7, 11) is 3.20. The summed E-state index contributed by atoms with van der Waals surface area (Å²) >= 11 is 0. The van der Waals surface area contributed by atoms with Gasteiger partial charge in [-0.3, -0.25) is 0 Å². The molecule has 2 aliphatic rings. The van der Waals surface area contributed by atoms with E-state index < -0.39 is 6.29 Å². The SMILES string of the molecule is COC(OC)c1ccnc(C2(COCCOCCOC[C@H]3COCCO3)CCC2)n1. The quantitative estimate of drug-likeness (QED) is 0.325. The molecule has 2 fully saturated rings. The second kappa shape index (κ2) is 12.6. The van der Waals surface area contributed by atoms with E-state index in [1.807, 2.05) is 6.07 Å². The first-order valence-corrected chi connectivity index (χ1v) is 10.6. The van der Waals surface area contributed by atoms with E-state index in [0.29, 0.717) is 59.5 Å². The van der Waals surface area contributed by atoms with Gasteiger partial charge in [-0.15, -0.1) is 0 Å². The molecule has 0 unspecified atom stereocenters. The number of methoxy groups -OCH3 is 2. The van der Waals surface area contributed by atoms with E-state index in [-0.39, 0.29) is 11.5 Å². The van der Waals surface area contributed by atoms with Crippen molar-refractivity contribution < 1.29 is 33.2 Å². The molecule has 1 atom stereocenters. The van der Waals surface area contributed by atoms with Crippen LogP contribution in [0.25, 0.3) is 0 Å². The molecule has 0 N–H and O–H groups in total. The minimum absolute atomic E-state index is 0.0320. The Balaban J connectivity index is 1.31. The average Bonchev–Trinajstić information content (AvgIpc) is 2.76. The summed E-state index contributed by atoms with van der Waals surface area (Å²) in [4.78, 5) is 9.19. The van der Waals surface area contributed by atoms with Crippen LogP contribution in [0.5, 0.6) is 0 Å². The third-order valence-electron chi connectivity index (χ3n) is 5.44. The first-order chi connectivity index (χ1) is 14.8. The van der Waals surface area contributed by atoms with Crippen LogP contribution in [0.1, 0.15) is 37.1 Å². The van der Waals surface area contributed by atoms with Crippen LogP contribution in [0.4, 0.5) is 0 Å². The number of rotatable bonds is 14. The molecule has 30 heavy (non-hydrogen) atoms. The molecule has 1 saturated carbocycles. The molecular weight excluding hydrogens is 392 g/mol. The molecule has 1 aromatic heterocycles. The lowest BCUT2D eigenvalue weighted by Crippen LogP contribution is -2.41. The molecule has 1 saturated heterocycles. The number of hydrogen-bond donors (Lipinski definition) is 0. The van der Waals surface area contributed by atoms with E-state index in [1.165, 1.54) is 0 Å². The minimum Gasteiger partial charge on any atom is -0.378 e. The molecule has 9 heteroatoms. The van der Waals surface area contributed by atoms with Gasteiger partial charge in [-0.1, -0.05) is 6.42 Å². The van der Waals surface area contributed by atoms with Gasteiger partial charge in [-0.25, -0.2) is 9.97 Å². The van der Waals surface area contributed by atoms with Crippen molar-refractivity contribution in [2.45, 2.75) is 37.1 Å².